The van der Waals surface area contributed by atoms with Gasteiger partial charge in [0, 0.05) is 0 Å². The van der Waals surface area contributed by atoms with E-state index in [9.17, 15) is 18.0 Å². The lowest BCUT2D eigenvalue weighted by molar-refractivity contribution is -0.138. The summed E-state index contributed by atoms with van der Waals surface area (Å²) in [6.45, 7) is 2.53. The number of primary amides is 1. The summed E-state index contributed by atoms with van der Waals surface area (Å²) in [5.41, 5.74) is 3.49. The number of carbonyl (C=O) groups excluding carboxylic acids is 2. The zero-order valence-electron chi connectivity index (χ0n) is 12.2. The highest BCUT2D eigenvalue weighted by atomic mass is 32.2. The van der Waals surface area contributed by atoms with Crippen molar-refractivity contribution in [2.75, 3.05) is 0 Å². The first-order valence-corrected chi connectivity index (χ1v) is 7.99. The number of amides is 2. The van der Waals surface area contributed by atoms with Crippen LogP contribution in [0.4, 0.5) is 0 Å². The number of hydrogen-bond donors (Lipinski definition) is 2. The van der Waals surface area contributed by atoms with Gasteiger partial charge in [-0.25, -0.2) is 13.1 Å². The first-order valence-electron chi connectivity index (χ1n) is 6.50. The standard InChI is InChI=1S/C15H16N2O4S/c1-15(2,13(16)18)14(19)17-22(20,21)12-8-7-10-5-3-4-6-11(10)9-12/h3-9H,1-2H3,(H2,16,18)(H,17,19). The number of sulfonamides is 1. The Morgan fingerprint density at radius 1 is 1.05 bits per heavy atom. The van der Waals surface area contributed by atoms with Crippen molar-refractivity contribution in [1.82, 2.24) is 4.72 Å². The van der Waals surface area contributed by atoms with Crippen molar-refractivity contribution in [3.05, 3.63) is 42.5 Å². The Kier molecular flexibility index (Phi) is 3.93. The highest BCUT2D eigenvalue weighted by Crippen LogP contribution is 2.20. The molecule has 7 heteroatoms. The van der Waals surface area contributed by atoms with Crippen LogP contribution in [0.1, 0.15) is 13.8 Å². The molecule has 0 aliphatic carbocycles. The zero-order chi connectivity index (χ0) is 16.5. The Morgan fingerprint density at radius 3 is 2.23 bits per heavy atom. The van der Waals surface area contributed by atoms with Gasteiger partial charge in [0.2, 0.25) is 11.8 Å². The molecular weight excluding hydrogens is 304 g/mol. The van der Waals surface area contributed by atoms with E-state index >= 15 is 0 Å². The van der Waals surface area contributed by atoms with Crippen LogP contribution in [0.15, 0.2) is 47.4 Å². The van der Waals surface area contributed by atoms with Gasteiger partial charge in [-0.05, 0) is 36.8 Å². The number of hydrogen-bond acceptors (Lipinski definition) is 4. The Bertz CT molecular complexity index is 857. The van der Waals surface area contributed by atoms with Crippen LogP contribution in [-0.4, -0.2) is 20.2 Å². The van der Waals surface area contributed by atoms with E-state index in [4.69, 9.17) is 5.73 Å². The fraction of sp³-hybridized carbons (Fsp3) is 0.200. The molecule has 2 aromatic carbocycles. The molecule has 116 valence electrons. The Hall–Kier alpha value is -2.41. The maximum atomic E-state index is 12.3. The van der Waals surface area contributed by atoms with E-state index < -0.39 is 27.3 Å². The molecule has 0 heterocycles. The van der Waals surface area contributed by atoms with Crippen LogP contribution in [0.2, 0.25) is 0 Å². The first-order chi connectivity index (χ1) is 10.1. The van der Waals surface area contributed by atoms with Crippen molar-refractivity contribution in [2.24, 2.45) is 11.1 Å². The fourth-order valence-electron chi connectivity index (χ4n) is 1.75. The number of fused-ring (bicyclic) bond motifs is 1. The first kappa shape index (κ1) is 16.0. The molecule has 0 saturated carbocycles. The summed E-state index contributed by atoms with van der Waals surface area (Å²) < 4.78 is 26.4. The molecule has 0 aliphatic heterocycles. The molecule has 0 aromatic heterocycles. The third kappa shape index (κ3) is 2.94. The summed E-state index contributed by atoms with van der Waals surface area (Å²) in [6.07, 6.45) is 0. The molecule has 0 unspecified atom stereocenters. The highest BCUT2D eigenvalue weighted by Gasteiger charge is 2.36. The molecule has 3 N–H and O–H groups in total. The summed E-state index contributed by atoms with van der Waals surface area (Å²) in [4.78, 5) is 23.1. The Balaban J connectivity index is 2.37. The minimum atomic E-state index is -4.07. The molecule has 6 nitrogen and oxygen atoms in total. The Labute approximate surface area is 128 Å². The second-order valence-electron chi connectivity index (χ2n) is 5.43. The average Bonchev–Trinajstić information content (AvgIpc) is 2.46. The molecule has 0 bridgehead atoms. The van der Waals surface area contributed by atoms with Crippen molar-refractivity contribution in [1.29, 1.82) is 0 Å². The lowest BCUT2D eigenvalue weighted by Gasteiger charge is -2.19. The lowest BCUT2D eigenvalue weighted by Crippen LogP contribution is -2.47. The van der Waals surface area contributed by atoms with Crippen molar-refractivity contribution in [3.63, 3.8) is 0 Å². The monoisotopic (exact) mass is 320 g/mol. The molecule has 0 fully saturated rings. The summed E-state index contributed by atoms with van der Waals surface area (Å²) in [7, 11) is -4.07. The second kappa shape index (κ2) is 5.42. The molecule has 2 rings (SSSR count). The van der Waals surface area contributed by atoms with Crippen molar-refractivity contribution < 1.29 is 18.0 Å². The molecular formula is C15H16N2O4S. The second-order valence-corrected chi connectivity index (χ2v) is 7.12. The summed E-state index contributed by atoms with van der Waals surface area (Å²) in [6, 6.07) is 11.7. The summed E-state index contributed by atoms with van der Waals surface area (Å²) in [5, 5.41) is 1.61. The van der Waals surface area contributed by atoms with Gasteiger partial charge in [0.1, 0.15) is 5.41 Å². The minimum Gasteiger partial charge on any atom is -0.369 e. The van der Waals surface area contributed by atoms with E-state index in [2.05, 4.69) is 0 Å². The van der Waals surface area contributed by atoms with Gasteiger partial charge in [-0.2, -0.15) is 0 Å². The van der Waals surface area contributed by atoms with Crippen molar-refractivity contribution >= 4 is 32.6 Å². The van der Waals surface area contributed by atoms with Gasteiger partial charge in [-0.3, -0.25) is 9.59 Å². The van der Waals surface area contributed by atoms with Crippen LogP contribution >= 0.6 is 0 Å². The quantitative estimate of drug-likeness (QED) is 0.824. The maximum absolute atomic E-state index is 12.3. The van der Waals surface area contributed by atoms with Crippen LogP contribution < -0.4 is 10.5 Å². The normalized spacial score (nSPS) is 12.1. The zero-order valence-corrected chi connectivity index (χ0v) is 13.0. The van der Waals surface area contributed by atoms with Gasteiger partial charge >= 0.3 is 0 Å². The van der Waals surface area contributed by atoms with E-state index in [1.807, 2.05) is 16.9 Å². The molecule has 0 spiro atoms. The van der Waals surface area contributed by atoms with Gasteiger partial charge in [0.05, 0.1) is 4.90 Å². The lowest BCUT2D eigenvalue weighted by atomic mass is 9.92. The van der Waals surface area contributed by atoms with E-state index in [0.717, 1.165) is 10.8 Å². The van der Waals surface area contributed by atoms with Crippen LogP contribution in [0, 0.1) is 5.41 Å². The van der Waals surface area contributed by atoms with Gasteiger partial charge in [0.25, 0.3) is 10.0 Å². The molecule has 2 aromatic rings. The smallest absolute Gasteiger partial charge is 0.264 e. The Morgan fingerprint density at radius 2 is 1.64 bits per heavy atom. The average molecular weight is 320 g/mol. The van der Waals surface area contributed by atoms with Crippen molar-refractivity contribution in [3.8, 4) is 0 Å². The molecule has 0 aliphatic rings. The van der Waals surface area contributed by atoms with Crippen LogP contribution in [0.3, 0.4) is 0 Å². The highest BCUT2D eigenvalue weighted by molar-refractivity contribution is 7.90. The molecule has 0 radical (unpaired) electrons. The molecule has 0 saturated heterocycles. The SMILES string of the molecule is CC(C)(C(N)=O)C(=O)NS(=O)(=O)c1ccc2ccccc2c1. The third-order valence-corrected chi connectivity index (χ3v) is 4.77. The summed E-state index contributed by atoms with van der Waals surface area (Å²) >= 11 is 0. The largest absolute Gasteiger partial charge is 0.369 e. The number of nitrogens with one attached hydrogen (secondary N) is 1. The molecule has 22 heavy (non-hydrogen) atoms. The van der Waals surface area contributed by atoms with Crippen LogP contribution in [-0.2, 0) is 19.6 Å². The van der Waals surface area contributed by atoms with Crippen LogP contribution in [0.5, 0.6) is 0 Å². The number of carbonyl (C=O) groups is 2. The minimum absolute atomic E-state index is 0.0557. The van der Waals surface area contributed by atoms with Crippen molar-refractivity contribution in [2.45, 2.75) is 18.7 Å². The van der Waals surface area contributed by atoms with E-state index in [-0.39, 0.29) is 4.90 Å². The van der Waals surface area contributed by atoms with Gasteiger partial charge in [-0.15, -0.1) is 0 Å². The number of benzene rings is 2. The maximum Gasteiger partial charge on any atom is 0.264 e. The van der Waals surface area contributed by atoms with Gasteiger partial charge in [-0.1, -0.05) is 30.3 Å². The predicted molar refractivity (Wildman–Crippen MR) is 82.3 cm³/mol. The molecule has 0 atom stereocenters. The number of nitrogens with two attached hydrogens (primary N) is 1. The van der Waals surface area contributed by atoms with Crippen LogP contribution in [0.25, 0.3) is 10.8 Å². The van der Waals surface area contributed by atoms with E-state index in [1.165, 1.54) is 26.0 Å². The van der Waals surface area contributed by atoms with E-state index in [0.29, 0.717) is 0 Å². The van der Waals surface area contributed by atoms with E-state index in [1.54, 1.807) is 18.2 Å². The summed E-state index contributed by atoms with van der Waals surface area (Å²) in [5.74, 6) is -1.87. The number of rotatable bonds is 4. The topological polar surface area (TPSA) is 106 Å². The predicted octanol–water partition coefficient (Wildman–Crippen LogP) is 1.16. The third-order valence-electron chi connectivity index (χ3n) is 3.44. The van der Waals surface area contributed by atoms with Gasteiger partial charge < -0.3 is 5.73 Å². The van der Waals surface area contributed by atoms with Gasteiger partial charge in [0.15, 0.2) is 0 Å². The molecule has 2 amide bonds. The fourth-order valence-corrected chi connectivity index (χ4v) is 2.90.